The van der Waals surface area contributed by atoms with E-state index in [-0.39, 0.29) is 5.41 Å². The van der Waals surface area contributed by atoms with Crippen LogP contribution in [-0.4, -0.2) is 36.8 Å². The summed E-state index contributed by atoms with van der Waals surface area (Å²) in [5.74, 6) is 0. The molecule has 0 spiro atoms. The quantitative estimate of drug-likeness (QED) is 0.653. The van der Waals surface area contributed by atoms with Crippen LogP contribution in [0.4, 0.5) is 0 Å². The van der Waals surface area contributed by atoms with Gasteiger partial charge in [-0.1, -0.05) is 20.8 Å². The molecule has 12 heavy (non-hydrogen) atoms. The first-order valence-corrected chi connectivity index (χ1v) is 4.96. The van der Waals surface area contributed by atoms with E-state index in [9.17, 15) is 0 Å². The third-order valence-corrected chi connectivity index (χ3v) is 2.58. The van der Waals surface area contributed by atoms with E-state index in [0.29, 0.717) is 6.61 Å². The topological polar surface area (TPSA) is 23.5 Å². The maximum Gasteiger partial charge on any atom is 0.0485 e. The van der Waals surface area contributed by atoms with Crippen LogP contribution in [0.5, 0.6) is 0 Å². The highest BCUT2D eigenvalue weighted by Crippen LogP contribution is 2.28. The zero-order valence-corrected chi connectivity index (χ0v) is 8.93. The lowest BCUT2D eigenvalue weighted by Crippen LogP contribution is -2.38. The third kappa shape index (κ3) is 3.55. The standard InChI is InChI=1S/C8H17NO.C2H6/c1-8(7-10)3-5-9(2)6-4-8;1-2/h10H,3-7H2,1-2H3;1-2H3. The normalized spacial score (nSPS) is 22.8. The Labute approximate surface area is 76.6 Å². The summed E-state index contributed by atoms with van der Waals surface area (Å²) >= 11 is 0. The largest absolute Gasteiger partial charge is 0.396 e. The molecule has 0 aromatic rings. The average molecular weight is 173 g/mol. The number of piperidine rings is 1. The highest BCUT2D eigenvalue weighted by atomic mass is 16.3. The Bertz CT molecular complexity index is 106. The van der Waals surface area contributed by atoms with Crippen molar-refractivity contribution in [2.45, 2.75) is 33.6 Å². The van der Waals surface area contributed by atoms with Gasteiger partial charge in [-0.15, -0.1) is 0 Å². The molecule has 0 bridgehead atoms. The minimum absolute atomic E-state index is 0.215. The molecule has 1 aliphatic rings. The molecule has 2 nitrogen and oxygen atoms in total. The van der Waals surface area contributed by atoms with Gasteiger partial charge in [0.1, 0.15) is 0 Å². The zero-order valence-electron chi connectivity index (χ0n) is 8.93. The van der Waals surface area contributed by atoms with Crippen molar-refractivity contribution in [2.75, 3.05) is 26.7 Å². The highest BCUT2D eigenvalue weighted by molar-refractivity contribution is 4.80. The van der Waals surface area contributed by atoms with Gasteiger partial charge in [0.2, 0.25) is 0 Å². The van der Waals surface area contributed by atoms with Crippen LogP contribution in [0.15, 0.2) is 0 Å². The van der Waals surface area contributed by atoms with Crippen LogP contribution in [0, 0.1) is 5.41 Å². The van der Waals surface area contributed by atoms with Gasteiger partial charge in [0, 0.05) is 6.61 Å². The monoisotopic (exact) mass is 173 g/mol. The van der Waals surface area contributed by atoms with E-state index in [0.717, 1.165) is 25.9 Å². The van der Waals surface area contributed by atoms with Gasteiger partial charge in [-0.25, -0.2) is 0 Å². The van der Waals surface area contributed by atoms with E-state index < -0.39 is 0 Å². The number of nitrogens with zero attached hydrogens (tertiary/aromatic N) is 1. The Morgan fingerprint density at radius 3 is 2.00 bits per heavy atom. The van der Waals surface area contributed by atoms with Gasteiger partial charge in [-0.3, -0.25) is 0 Å². The van der Waals surface area contributed by atoms with Gasteiger partial charge in [-0.2, -0.15) is 0 Å². The minimum Gasteiger partial charge on any atom is -0.396 e. The van der Waals surface area contributed by atoms with Crippen LogP contribution >= 0.6 is 0 Å². The minimum atomic E-state index is 0.215. The van der Waals surface area contributed by atoms with Crippen LogP contribution in [-0.2, 0) is 0 Å². The van der Waals surface area contributed by atoms with Crippen molar-refractivity contribution >= 4 is 0 Å². The van der Waals surface area contributed by atoms with Crippen molar-refractivity contribution in [3.05, 3.63) is 0 Å². The van der Waals surface area contributed by atoms with E-state index in [1.54, 1.807) is 0 Å². The van der Waals surface area contributed by atoms with Crippen LogP contribution in [0.3, 0.4) is 0 Å². The molecule has 0 amide bonds. The predicted molar refractivity (Wildman–Crippen MR) is 53.3 cm³/mol. The van der Waals surface area contributed by atoms with Gasteiger partial charge in [-0.05, 0) is 38.4 Å². The first-order chi connectivity index (χ1) is 5.66. The van der Waals surface area contributed by atoms with Gasteiger partial charge >= 0.3 is 0 Å². The number of rotatable bonds is 1. The van der Waals surface area contributed by atoms with E-state index in [4.69, 9.17) is 5.11 Å². The summed E-state index contributed by atoms with van der Waals surface area (Å²) in [4.78, 5) is 2.32. The Morgan fingerprint density at radius 2 is 1.67 bits per heavy atom. The highest BCUT2D eigenvalue weighted by Gasteiger charge is 2.27. The molecule has 1 rings (SSSR count). The maximum absolute atomic E-state index is 9.02. The van der Waals surface area contributed by atoms with Crippen molar-refractivity contribution in [1.82, 2.24) is 4.90 Å². The number of aliphatic hydroxyl groups is 1. The molecule has 1 aliphatic heterocycles. The van der Waals surface area contributed by atoms with E-state index in [1.165, 1.54) is 0 Å². The summed E-state index contributed by atoms with van der Waals surface area (Å²) in [6.07, 6.45) is 2.28. The lowest BCUT2D eigenvalue weighted by Gasteiger charge is -2.36. The fourth-order valence-electron chi connectivity index (χ4n) is 1.32. The molecule has 0 unspecified atom stereocenters. The van der Waals surface area contributed by atoms with Crippen molar-refractivity contribution in [2.24, 2.45) is 5.41 Å². The number of hydrogen-bond donors (Lipinski definition) is 1. The fourth-order valence-corrected chi connectivity index (χ4v) is 1.32. The fraction of sp³-hybridized carbons (Fsp3) is 1.00. The molecule has 74 valence electrons. The van der Waals surface area contributed by atoms with Crippen LogP contribution in [0.1, 0.15) is 33.6 Å². The second kappa shape index (κ2) is 5.55. The Kier molecular flexibility index (Phi) is 5.51. The summed E-state index contributed by atoms with van der Waals surface area (Å²) in [7, 11) is 2.14. The summed E-state index contributed by atoms with van der Waals surface area (Å²) in [5.41, 5.74) is 0.215. The summed E-state index contributed by atoms with van der Waals surface area (Å²) in [6, 6.07) is 0. The van der Waals surface area contributed by atoms with Crippen molar-refractivity contribution in [3.63, 3.8) is 0 Å². The Hall–Kier alpha value is -0.0800. The van der Waals surface area contributed by atoms with Gasteiger partial charge in [0.25, 0.3) is 0 Å². The average Bonchev–Trinajstić information content (AvgIpc) is 2.14. The first-order valence-electron chi connectivity index (χ1n) is 4.96. The molecule has 0 radical (unpaired) electrons. The van der Waals surface area contributed by atoms with Gasteiger partial charge in [0.05, 0.1) is 0 Å². The second-order valence-corrected chi connectivity index (χ2v) is 3.77. The van der Waals surface area contributed by atoms with Crippen LogP contribution in [0.2, 0.25) is 0 Å². The molecule has 1 N–H and O–H groups in total. The second-order valence-electron chi connectivity index (χ2n) is 3.77. The van der Waals surface area contributed by atoms with E-state index >= 15 is 0 Å². The molecule has 0 atom stereocenters. The first kappa shape index (κ1) is 11.9. The SMILES string of the molecule is CC.CN1CCC(C)(CO)CC1. The molecule has 0 aromatic carbocycles. The smallest absolute Gasteiger partial charge is 0.0485 e. The number of likely N-dealkylation sites (tertiary alicyclic amines) is 1. The van der Waals surface area contributed by atoms with Crippen LogP contribution < -0.4 is 0 Å². The Balaban J connectivity index is 0.000000561. The van der Waals surface area contributed by atoms with E-state index in [2.05, 4.69) is 18.9 Å². The van der Waals surface area contributed by atoms with Crippen molar-refractivity contribution in [1.29, 1.82) is 0 Å². The number of aliphatic hydroxyl groups excluding tert-OH is 1. The molecular formula is C10H23NO. The maximum atomic E-state index is 9.02. The molecule has 0 aliphatic carbocycles. The zero-order chi connectivity index (χ0) is 9.61. The van der Waals surface area contributed by atoms with Gasteiger partial charge in [0.15, 0.2) is 0 Å². The van der Waals surface area contributed by atoms with Crippen LogP contribution in [0.25, 0.3) is 0 Å². The Morgan fingerprint density at radius 1 is 1.25 bits per heavy atom. The predicted octanol–water partition coefficient (Wildman–Crippen LogP) is 1.74. The number of hydrogen-bond acceptors (Lipinski definition) is 2. The van der Waals surface area contributed by atoms with E-state index in [1.807, 2.05) is 13.8 Å². The lowest BCUT2D eigenvalue weighted by atomic mass is 9.81. The van der Waals surface area contributed by atoms with Crippen molar-refractivity contribution < 1.29 is 5.11 Å². The molecule has 0 aromatic heterocycles. The molecule has 2 heteroatoms. The molecule has 1 fully saturated rings. The summed E-state index contributed by atoms with van der Waals surface area (Å²) in [5, 5.41) is 9.02. The lowest BCUT2D eigenvalue weighted by molar-refractivity contribution is 0.0689. The van der Waals surface area contributed by atoms with Crippen molar-refractivity contribution in [3.8, 4) is 0 Å². The summed E-state index contributed by atoms with van der Waals surface area (Å²) in [6.45, 7) is 8.79. The third-order valence-electron chi connectivity index (χ3n) is 2.58. The molecule has 0 saturated carbocycles. The van der Waals surface area contributed by atoms with Gasteiger partial charge < -0.3 is 10.0 Å². The molecular weight excluding hydrogens is 150 g/mol. The molecule has 1 heterocycles. The molecule has 1 saturated heterocycles. The summed E-state index contributed by atoms with van der Waals surface area (Å²) < 4.78 is 0.